The van der Waals surface area contributed by atoms with Crippen molar-refractivity contribution in [2.75, 3.05) is 32.8 Å². The van der Waals surface area contributed by atoms with E-state index in [1.807, 2.05) is 12.1 Å². The Labute approximate surface area is 171 Å². The molecular formula is C21H29ClN4O2. The number of nitrogens with one attached hydrogen (secondary N) is 1. The molecule has 1 aromatic carbocycles. The molecule has 0 unspecified atom stereocenters. The van der Waals surface area contributed by atoms with Gasteiger partial charge in [0.2, 0.25) is 0 Å². The quantitative estimate of drug-likeness (QED) is 0.784. The van der Waals surface area contributed by atoms with Gasteiger partial charge in [-0.25, -0.2) is 9.69 Å². The Kier molecular flexibility index (Phi) is 5.63. The Bertz CT molecular complexity index is 732. The number of hydrogen-bond acceptors (Lipinski definition) is 4. The summed E-state index contributed by atoms with van der Waals surface area (Å²) in [6.07, 6.45) is 3.92. The largest absolute Gasteiger partial charge is 0.326 e. The van der Waals surface area contributed by atoms with E-state index < -0.39 is 5.54 Å². The topological polar surface area (TPSA) is 55.9 Å². The number of piperazine rings is 1. The number of carbonyl (C=O) groups excluding carboxylic acids is 2. The van der Waals surface area contributed by atoms with Crippen LogP contribution in [0.2, 0.25) is 5.02 Å². The van der Waals surface area contributed by atoms with Gasteiger partial charge in [-0.05, 0) is 36.5 Å². The first-order chi connectivity index (χ1) is 13.5. The molecule has 1 aliphatic carbocycles. The number of amides is 3. The van der Waals surface area contributed by atoms with E-state index >= 15 is 0 Å². The van der Waals surface area contributed by atoms with E-state index in [1.54, 1.807) is 0 Å². The summed E-state index contributed by atoms with van der Waals surface area (Å²) in [6, 6.07) is 7.75. The van der Waals surface area contributed by atoms with Gasteiger partial charge in [-0.3, -0.25) is 14.6 Å². The summed E-state index contributed by atoms with van der Waals surface area (Å²) in [6.45, 7) is 6.95. The molecule has 3 fully saturated rings. The minimum atomic E-state index is -0.661. The summed E-state index contributed by atoms with van der Waals surface area (Å²) in [7, 11) is 0. The van der Waals surface area contributed by atoms with E-state index in [1.165, 1.54) is 10.5 Å². The average molecular weight is 405 g/mol. The number of rotatable bonds is 4. The standard InChI is InChI=1S/C21H29ClN4O2/c1-16-4-2-3-9-21(16)19(27)26(20(28)23-21)15-25-12-10-24(11-13-25)14-17-5-7-18(22)8-6-17/h5-8,16H,2-4,9-15H2,1H3,(H,23,28)/t16-,21-/m0/s1. The van der Waals surface area contributed by atoms with Gasteiger partial charge in [0.15, 0.2) is 0 Å². The van der Waals surface area contributed by atoms with Crippen LogP contribution >= 0.6 is 11.6 Å². The van der Waals surface area contributed by atoms with E-state index in [4.69, 9.17) is 11.6 Å². The number of hydrogen-bond donors (Lipinski definition) is 1. The van der Waals surface area contributed by atoms with Crippen molar-refractivity contribution in [2.24, 2.45) is 5.92 Å². The zero-order chi connectivity index (χ0) is 19.7. The van der Waals surface area contributed by atoms with Crippen molar-refractivity contribution >= 4 is 23.5 Å². The van der Waals surface area contributed by atoms with Crippen LogP contribution in [-0.2, 0) is 11.3 Å². The molecule has 28 heavy (non-hydrogen) atoms. The fourth-order valence-electron chi connectivity index (χ4n) is 4.76. The van der Waals surface area contributed by atoms with Crippen molar-refractivity contribution in [1.82, 2.24) is 20.0 Å². The first-order valence-electron chi connectivity index (χ1n) is 10.3. The molecule has 2 heterocycles. The Hall–Kier alpha value is -1.63. The van der Waals surface area contributed by atoms with Crippen LogP contribution < -0.4 is 5.32 Å². The highest BCUT2D eigenvalue weighted by atomic mass is 35.5. The molecule has 6 nitrogen and oxygen atoms in total. The summed E-state index contributed by atoms with van der Waals surface area (Å²) < 4.78 is 0. The van der Waals surface area contributed by atoms with Gasteiger partial charge in [-0.15, -0.1) is 0 Å². The molecule has 2 atom stereocenters. The molecule has 1 saturated carbocycles. The van der Waals surface area contributed by atoms with Gasteiger partial charge >= 0.3 is 6.03 Å². The Morgan fingerprint density at radius 3 is 2.43 bits per heavy atom. The second-order valence-electron chi connectivity index (χ2n) is 8.44. The van der Waals surface area contributed by atoms with E-state index in [-0.39, 0.29) is 17.9 Å². The predicted molar refractivity (Wildman–Crippen MR) is 109 cm³/mol. The summed E-state index contributed by atoms with van der Waals surface area (Å²) in [4.78, 5) is 31.7. The van der Waals surface area contributed by atoms with E-state index in [2.05, 4.69) is 34.2 Å². The maximum atomic E-state index is 13.1. The molecule has 0 aromatic heterocycles. The third-order valence-electron chi connectivity index (χ3n) is 6.63. The van der Waals surface area contributed by atoms with E-state index in [0.29, 0.717) is 6.67 Å². The van der Waals surface area contributed by atoms with E-state index in [0.717, 1.165) is 63.4 Å². The number of halogens is 1. The van der Waals surface area contributed by atoms with E-state index in [9.17, 15) is 9.59 Å². The average Bonchev–Trinajstić information content (AvgIpc) is 2.92. The van der Waals surface area contributed by atoms with Crippen LogP contribution in [0.3, 0.4) is 0 Å². The highest BCUT2D eigenvalue weighted by Crippen LogP contribution is 2.38. The normalized spacial score (nSPS) is 29.5. The highest BCUT2D eigenvalue weighted by Gasteiger charge is 2.55. The lowest BCUT2D eigenvalue weighted by atomic mass is 9.73. The monoisotopic (exact) mass is 404 g/mol. The third kappa shape index (κ3) is 3.78. The van der Waals surface area contributed by atoms with Gasteiger partial charge in [-0.2, -0.15) is 0 Å². The summed E-state index contributed by atoms with van der Waals surface area (Å²) in [5.41, 5.74) is 0.589. The second-order valence-corrected chi connectivity index (χ2v) is 8.88. The number of nitrogens with zero attached hydrogens (tertiary/aromatic N) is 3. The lowest BCUT2D eigenvalue weighted by Gasteiger charge is -2.38. The molecule has 3 amide bonds. The van der Waals surface area contributed by atoms with Crippen LogP contribution in [0, 0.1) is 5.92 Å². The smallest absolute Gasteiger partial charge is 0.323 e. The number of urea groups is 1. The molecule has 1 aromatic rings. The van der Waals surface area contributed by atoms with Crippen LogP contribution in [-0.4, -0.2) is 65.0 Å². The van der Waals surface area contributed by atoms with Crippen LogP contribution in [0.25, 0.3) is 0 Å². The molecule has 152 valence electrons. The fourth-order valence-corrected chi connectivity index (χ4v) is 4.89. The molecule has 1 spiro atoms. The van der Waals surface area contributed by atoms with Crippen LogP contribution in [0.4, 0.5) is 4.79 Å². The predicted octanol–water partition coefficient (Wildman–Crippen LogP) is 2.92. The first-order valence-corrected chi connectivity index (χ1v) is 10.7. The Balaban J connectivity index is 1.31. The van der Waals surface area contributed by atoms with Crippen molar-refractivity contribution in [3.8, 4) is 0 Å². The molecule has 0 radical (unpaired) electrons. The third-order valence-corrected chi connectivity index (χ3v) is 6.88. The lowest BCUT2D eigenvalue weighted by molar-refractivity contribution is -0.136. The van der Waals surface area contributed by atoms with Gasteiger partial charge in [0.1, 0.15) is 5.54 Å². The summed E-state index contributed by atoms with van der Waals surface area (Å²) in [5.74, 6) is 0.187. The van der Waals surface area contributed by atoms with Gasteiger partial charge in [0.25, 0.3) is 5.91 Å². The van der Waals surface area contributed by atoms with Crippen LogP contribution in [0.5, 0.6) is 0 Å². The molecule has 1 N–H and O–H groups in total. The lowest BCUT2D eigenvalue weighted by Crippen LogP contribution is -2.55. The maximum Gasteiger partial charge on any atom is 0.326 e. The van der Waals surface area contributed by atoms with Crippen molar-refractivity contribution in [3.63, 3.8) is 0 Å². The SMILES string of the molecule is C[C@H]1CCCC[C@]12NC(=O)N(CN1CCN(Cc3ccc(Cl)cc3)CC1)C2=O. The van der Waals surface area contributed by atoms with Crippen LogP contribution in [0.15, 0.2) is 24.3 Å². The van der Waals surface area contributed by atoms with Crippen LogP contribution in [0.1, 0.15) is 38.2 Å². The van der Waals surface area contributed by atoms with Gasteiger partial charge in [-0.1, -0.05) is 43.5 Å². The molecule has 2 aliphatic heterocycles. The fraction of sp³-hybridized carbons (Fsp3) is 0.619. The van der Waals surface area contributed by atoms with Crippen molar-refractivity contribution < 1.29 is 9.59 Å². The maximum absolute atomic E-state index is 13.1. The molecule has 0 bridgehead atoms. The number of imide groups is 1. The minimum Gasteiger partial charge on any atom is -0.323 e. The molecule has 3 aliphatic rings. The second kappa shape index (κ2) is 8.01. The molecule has 2 saturated heterocycles. The zero-order valence-electron chi connectivity index (χ0n) is 16.5. The highest BCUT2D eigenvalue weighted by molar-refractivity contribution is 6.30. The van der Waals surface area contributed by atoms with Gasteiger partial charge in [0, 0.05) is 37.7 Å². The Morgan fingerprint density at radius 1 is 1.07 bits per heavy atom. The van der Waals surface area contributed by atoms with Gasteiger partial charge < -0.3 is 5.32 Å². The van der Waals surface area contributed by atoms with Crippen molar-refractivity contribution in [2.45, 2.75) is 44.7 Å². The number of carbonyl (C=O) groups is 2. The minimum absolute atomic E-state index is 0.0201. The van der Waals surface area contributed by atoms with Crippen molar-refractivity contribution in [3.05, 3.63) is 34.9 Å². The summed E-state index contributed by atoms with van der Waals surface area (Å²) in [5, 5.41) is 3.80. The molecular weight excluding hydrogens is 376 g/mol. The molecule has 7 heteroatoms. The van der Waals surface area contributed by atoms with Crippen molar-refractivity contribution in [1.29, 1.82) is 0 Å². The van der Waals surface area contributed by atoms with Gasteiger partial charge in [0.05, 0.1) is 6.67 Å². The summed E-state index contributed by atoms with van der Waals surface area (Å²) >= 11 is 5.96. The first kappa shape index (κ1) is 19.7. The Morgan fingerprint density at radius 2 is 1.75 bits per heavy atom. The number of benzene rings is 1. The zero-order valence-corrected chi connectivity index (χ0v) is 17.2. The molecule has 4 rings (SSSR count).